The highest BCUT2D eigenvalue weighted by atomic mass is 32.2. The summed E-state index contributed by atoms with van der Waals surface area (Å²) >= 11 is 1.59. The summed E-state index contributed by atoms with van der Waals surface area (Å²) in [7, 11) is 0. The minimum Gasteiger partial charge on any atom is -0.369 e. The molecule has 0 unspecified atom stereocenters. The number of piperazine rings is 1. The van der Waals surface area contributed by atoms with E-state index in [-0.39, 0.29) is 5.69 Å². The number of hydrogen-bond donors (Lipinski definition) is 1. The zero-order valence-corrected chi connectivity index (χ0v) is 15.5. The second-order valence-corrected chi connectivity index (χ2v) is 7.45. The van der Waals surface area contributed by atoms with Gasteiger partial charge in [-0.05, 0) is 37.2 Å². The second kappa shape index (κ2) is 8.79. The number of benzene rings is 1. The van der Waals surface area contributed by atoms with Crippen molar-refractivity contribution in [3.63, 3.8) is 0 Å². The van der Waals surface area contributed by atoms with Crippen LogP contribution in [0.1, 0.15) is 12.0 Å². The molecule has 1 fully saturated rings. The van der Waals surface area contributed by atoms with Gasteiger partial charge >= 0.3 is 11.9 Å². The Balaban J connectivity index is 1.42. The van der Waals surface area contributed by atoms with Gasteiger partial charge in [0.05, 0.1) is 10.6 Å². The molecule has 5 nitrogen and oxygen atoms in total. The Morgan fingerprint density at radius 3 is 2.63 bits per heavy atom. The molecule has 9 heteroatoms. The fourth-order valence-corrected chi connectivity index (χ4v) is 3.82. The van der Waals surface area contributed by atoms with Gasteiger partial charge in [-0.2, -0.15) is 13.2 Å². The summed E-state index contributed by atoms with van der Waals surface area (Å²) in [6.45, 7) is 4.01. The molecule has 1 aromatic carbocycles. The third-order valence-electron chi connectivity index (χ3n) is 4.43. The van der Waals surface area contributed by atoms with E-state index < -0.39 is 11.7 Å². The predicted molar refractivity (Wildman–Crippen MR) is 100 cm³/mol. The maximum Gasteiger partial charge on any atom is 0.416 e. The third kappa shape index (κ3) is 5.74. The Hall–Kier alpha value is -2.00. The number of aromatic nitrogens is 2. The molecule has 0 radical (unpaired) electrons. The Morgan fingerprint density at radius 2 is 1.93 bits per heavy atom. The van der Waals surface area contributed by atoms with Crippen molar-refractivity contribution in [3.8, 4) is 0 Å². The number of H-pyrrole nitrogens is 1. The number of hydrogen-bond acceptors (Lipinski definition) is 5. The Kier molecular flexibility index (Phi) is 6.43. The van der Waals surface area contributed by atoms with Crippen molar-refractivity contribution in [3.05, 3.63) is 52.6 Å². The number of thioether (sulfide) groups is 1. The first-order valence-electron chi connectivity index (χ1n) is 8.74. The Labute approximate surface area is 159 Å². The highest BCUT2D eigenvalue weighted by Crippen LogP contribution is 2.31. The molecule has 1 aliphatic heterocycles. The molecule has 0 atom stereocenters. The van der Waals surface area contributed by atoms with Crippen LogP contribution >= 0.6 is 11.8 Å². The largest absolute Gasteiger partial charge is 0.416 e. The molecule has 0 spiro atoms. The van der Waals surface area contributed by atoms with Crippen molar-refractivity contribution >= 4 is 17.4 Å². The van der Waals surface area contributed by atoms with E-state index in [4.69, 9.17) is 0 Å². The average Bonchev–Trinajstić information content (AvgIpc) is 2.65. The van der Waals surface area contributed by atoms with Crippen molar-refractivity contribution < 1.29 is 13.2 Å². The van der Waals surface area contributed by atoms with Gasteiger partial charge in [0.15, 0.2) is 0 Å². The zero-order chi connectivity index (χ0) is 19.3. The third-order valence-corrected chi connectivity index (χ3v) is 5.48. The lowest BCUT2D eigenvalue weighted by atomic mass is 10.1. The van der Waals surface area contributed by atoms with Crippen LogP contribution in [0, 0.1) is 0 Å². The summed E-state index contributed by atoms with van der Waals surface area (Å²) in [6, 6.07) is 7.30. The lowest BCUT2D eigenvalue weighted by Gasteiger charge is -2.36. The molecule has 3 rings (SSSR count). The first kappa shape index (κ1) is 19.8. The van der Waals surface area contributed by atoms with E-state index in [0.29, 0.717) is 18.8 Å². The van der Waals surface area contributed by atoms with Gasteiger partial charge in [-0.1, -0.05) is 6.07 Å². The van der Waals surface area contributed by atoms with Crippen molar-refractivity contribution in [1.82, 2.24) is 14.9 Å². The Bertz CT molecular complexity index is 803. The standard InChI is InChI=1S/C18H21F3N4OS/c19-18(20,21)14-3-1-4-15(13-14)25-10-8-24(9-11-25)7-2-12-27-16-5-6-22-17(26)23-16/h1,3-6,13H,2,7-12H2,(H,22,23,26). The van der Waals surface area contributed by atoms with Crippen LogP contribution in [0.15, 0.2) is 46.3 Å². The van der Waals surface area contributed by atoms with Crippen LogP contribution in [-0.2, 0) is 6.18 Å². The SMILES string of the molecule is O=c1nccc(SCCCN2CCN(c3cccc(C(F)(F)F)c3)CC2)[nH]1. The van der Waals surface area contributed by atoms with Crippen molar-refractivity contribution in [2.45, 2.75) is 17.6 Å². The van der Waals surface area contributed by atoms with Gasteiger partial charge < -0.3 is 9.88 Å². The molecule has 2 heterocycles. The number of rotatable bonds is 6. The van der Waals surface area contributed by atoms with Crippen LogP contribution in [0.2, 0.25) is 0 Å². The first-order valence-corrected chi connectivity index (χ1v) is 9.73. The van der Waals surface area contributed by atoms with E-state index in [2.05, 4.69) is 14.9 Å². The van der Waals surface area contributed by atoms with Gasteiger partial charge in [-0.3, -0.25) is 4.90 Å². The molecular weight excluding hydrogens is 377 g/mol. The summed E-state index contributed by atoms with van der Waals surface area (Å²) in [5.41, 5.74) is -0.319. The smallest absolute Gasteiger partial charge is 0.369 e. The number of aromatic amines is 1. The van der Waals surface area contributed by atoms with Gasteiger partial charge in [0.25, 0.3) is 0 Å². The Morgan fingerprint density at radius 1 is 1.15 bits per heavy atom. The van der Waals surface area contributed by atoms with E-state index in [1.165, 1.54) is 18.3 Å². The topological polar surface area (TPSA) is 52.2 Å². The van der Waals surface area contributed by atoms with E-state index in [9.17, 15) is 18.0 Å². The van der Waals surface area contributed by atoms with Crippen LogP contribution in [-0.4, -0.2) is 53.3 Å². The lowest BCUT2D eigenvalue weighted by molar-refractivity contribution is -0.137. The average molecular weight is 398 g/mol. The molecule has 0 aliphatic carbocycles. The maximum absolute atomic E-state index is 12.9. The molecule has 0 amide bonds. The van der Waals surface area contributed by atoms with Crippen LogP contribution in [0.4, 0.5) is 18.9 Å². The minimum absolute atomic E-state index is 0.342. The normalized spacial score (nSPS) is 15.9. The molecule has 0 saturated carbocycles. The van der Waals surface area contributed by atoms with E-state index in [1.54, 1.807) is 23.9 Å². The van der Waals surface area contributed by atoms with Crippen LogP contribution in [0.25, 0.3) is 0 Å². The highest BCUT2D eigenvalue weighted by molar-refractivity contribution is 7.99. The van der Waals surface area contributed by atoms with Gasteiger partial charge in [-0.25, -0.2) is 9.78 Å². The van der Waals surface area contributed by atoms with Crippen LogP contribution in [0.5, 0.6) is 0 Å². The van der Waals surface area contributed by atoms with E-state index in [0.717, 1.165) is 42.9 Å². The predicted octanol–water partition coefficient (Wildman–Crippen LogP) is 3.09. The molecule has 1 aliphatic rings. The van der Waals surface area contributed by atoms with Crippen molar-refractivity contribution in [2.24, 2.45) is 0 Å². The fourth-order valence-electron chi connectivity index (χ4n) is 3.02. The molecule has 2 aromatic rings. The maximum atomic E-state index is 12.9. The zero-order valence-electron chi connectivity index (χ0n) is 14.7. The van der Waals surface area contributed by atoms with Gasteiger partial charge in [-0.15, -0.1) is 11.8 Å². The summed E-state index contributed by atoms with van der Waals surface area (Å²) in [5.74, 6) is 0.883. The minimum atomic E-state index is -4.31. The highest BCUT2D eigenvalue weighted by Gasteiger charge is 2.31. The summed E-state index contributed by atoms with van der Waals surface area (Å²) in [6.07, 6.45) is -1.85. The molecule has 27 heavy (non-hydrogen) atoms. The number of halogens is 3. The number of anilines is 1. The summed E-state index contributed by atoms with van der Waals surface area (Å²) < 4.78 is 38.6. The van der Waals surface area contributed by atoms with Crippen molar-refractivity contribution in [1.29, 1.82) is 0 Å². The van der Waals surface area contributed by atoms with E-state index in [1.807, 2.05) is 4.90 Å². The summed E-state index contributed by atoms with van der Waals surface area (Å²) in [5, 5.41) is 0.810. The van der Waals surface area contributed by atoms with Gasteiger partial charge in [0.2, 0.25) is 0 Å². The number of alkyl halides is 3. The first-order chi connectivity index (χ1) is 12.9. The van der Waals surface area contributed by atoms with Crippen molar-refractivity contribution in [2.75, 3.05) is 43.4 Å². The van der Waals surface area contributed by atoms with Crippen LogP contribution < -0.4 is 10.6 Å². The molecule has 1 aromatic heterocycles. The lowest BCUT2D eigenvalue weighted by Crippen LogP contribution is -2.46. The molecular formula is C18H21F3N4OS. The molecule has 1 saturated heterocycles. The van der Waals surface area contributed by atoms with Crippen LogP contribution in [0.3, 0.4) is 0 Å². The molecule has 146 valence electrons. The summed E-state index contributed by atoms with van der Waals surface area (Å²) in [4.78, 5) is 21.7. The molecule has 1 N–H and O–H groups in total. The molecule has 0 bridgehead atoms. The van der Waals surface area contributed by atoms with E-state index >= 15 is 0 Å². The van der Waals surface area contributed by atoms with Gasteiger partial charge in [0, 0.05) is 43.8 Å². The number of nitrogens with one attached hydrogen (secondary N) is 1. The monoisotopic (exact) mass is 398 g/mol. The number of nitrogens with zero attached hydrogens (tertiary/aromatic N) is 3. The van der Waals surface area contributed by atoms with Gasteiger partial charge in [0.1, 0.15) is 0 Å². The quantitative estimate of drug-likeness (QED) is 0.460. The fraction of sp³-hybridized carbons (Fsp3) is 0.444. The second-order valence-electron chi connectivity index (χ2n) is 6.32.